The molecule has 3 heterocycles. The van der Waals surface area contributed by atoms with Crippen molar-refractivity contribution in [2.24, 2.45) is 0 Å². The minimum Gasteiger partial charge on any atom is -0.472 e. The summed E-state index contributed by atoms with van der Waals surface area (Å²) in [5.74, 6) is -0.498. The maximum absolute atomic E-state index is 12.1. The summed E-state index contributed by atoms with van der Waals surface area (Å²) in [5, 5.41) is 3.07. The molecule has 1 aromatic heterocycles. The fraction of sp³-hybridized carbons (Fsp3) is 0.300. The van der Waals surface area contributed by atoms with Crippen LogP contribution in [0.2, 0.25) is 0 Å². The van der Waals surface area contributed by atoms with E-state index in [4.69, 9.17) is 14.2 Å². The Labute approximate surface area is 167 Å². The topological polar surface area (TPSA) is 103 Å². The van der Waals surface area contributed by atoms with E-state index < -0.39 is 23.9 Å². The summed E-state index contributed by atoms with van der Waals surface area (Å²) >= 11 is 0. The summed E-state index contributed by atoms with van der Waals surface area (Å²) in [7, 11) is 0. The van der Waals surface area contributed by atoms with E-state index in [1.165, 1.54) is 6.20 Å². The predicted molar refractivity (Wildman–Crippen MR) is 102 cm³/mol. The van der Waals surface area contributed by atoms with Crippen molar-refractivity contribution in [3.63, 3.8) is 0 Å². The molecule has 9 heteroatoms. The number of carbonyl (C=O) groups is 2. The molecular formula is C20H20N4O5. The van der Waals surface area contributed by atoms with E-state index in [0.29, 0.717) is 31.4 Å². The van der Waals surface area contributed by atoms with Crippen LogP contribution in [0.25, 0.3) is 0 Å². The zero-order chi connectivity index (χ0) is 20.3. The highest BCUT2D eigenvalue weighted by atomic mass is 16.6. The number of carbonyl (C=O) groups excluding carboxylic acids is 2. The average molecular weight is 396 g/mol. The van der Waals surface area contributed by atoms with E-state index in [9.17, 15) is 9.59 Å². The molecule has 1 saturated heterocycles. The number of aromatic nitrogens is 2. The molecule has 2 aromatic rings. The standard InChI is InChI=1S/C20H20N4O5/c1-20-19(28-17(25)7-8-18(26)29-20)22-9-10-24(20)15-11-21-12-16(23-15)27-13-14-5-3-2-4-6-14/h2-8,11-12,19,22H,9-10,13H2,1H3/b8-7-/t19?,20-/m1/s1. The number of benzene rings is 1. The van der Waals surface area contributed by atoms with Crippen LogP contribution in [-0.2, 0) is 25.7 Å². The second-order valence-electron chi connectivity index (χ2n) is 6.72. The molecular weight excluding hydrogens is 376 g/mol. The van der Waals surface area contributed by atoms with Crippen LogP contribution in [-0.4, -0.2) is 46.9 Å². The number of nitrogens with one attached hydrogen (secondary N) is 1. The second kappa shape index (κ2) is 7.88. The van der Waals surface area contributed by atoms with Crippen LogP contribution in [0, 0.1) is 0 Å². The van der Waals surface area contributed by atoms with Crippen molar-refractivity contribution in [3.8, 4) is 5.88 Å². The third kappa shape index (κ3) is 4.04. The molecule has 29 heavy (non-hydrogen) atoms. The number of piperazine rings is 1. The monoisotopic (exact) mass is 396 g/mol. The van der Waals surface area contributed by atoms with Gasteiger partial charge in [0.15, 0.2) is 5.82 Å². The van der Waals surface area contributed by atoms with Gasteiger partial charge >= 0.3 is 11.9 Å². The fourth-order valence-corrected chi connectivity index (χ4v) is 3.26. The highest BCUT2D eigenvalue weighted by Crippen LogP contribution is 2.31. The molecule has 150 valence electrons. The van der Waals surface area contributed by atoms with Crippen LogP contribution in [0.15, 0.2) is 54.9 Å². The Morgan fingerprint density at radius 1 is 1.21 bits per heavy atom. The van der Waals surface area contributed by atoms with Gasteiger partial charge < -0.3 is 19.1 Å². The van der Waals surface area contributed by atoms with E-state index in [0.717, 1.165) is 17.7 Å². The first-order chi connectivity index (χ1) is 14.0. The fourth-order valence-electron chi connectivity index (χ4n) is 3.26. The van der Waals surface area contributed by atoms with E-state index in [-0.39, 0.29) is 0 Å². The Hall–Kier alpha value is -3.46. The molecule has 1 fully saturated rings. The zero-order valence-electron chi connectivity index (χ0n) is 15.8. The van der Waals surface area contributed by atoms with Crippen molar-refractivity contribution in [2.75, 3.05) is 18.0 Å². The minimum atomic E-state index is -1.30. The van der Waals surface area contributed by atoms with Gasteiger partial charge in [-0.2, -0.15) is 4.98 Å². The third-order valence-corrected chi connectivity index (χ3v) is 4.69. The number of ether oxygens (including phenoxy) is 3. The van der Waals surface area contributed by atoms with Gasteiger partial charge in [-0.1, -0.05) is 30.3 Å². The minimum absolute atomic E-state index is 0.332. The lowest BCUT2D eigenvalue weighted by Gasteiger charge is -2.48. The lowest BCUT2D eigenvalue weighted by Crippen LogP contribution is -2.69. The van der Waals surface area contributed by atoms with Gasteiger partial charge in [-0.3, -0.25) is 10.3 Å². The molecule has 9 nitrogen and oxygen atoms in total. The molecule has 0 saturated carbocycles. The summed E-state index contributed by atoms with van der Waals surface area (Å²) in [5.41, 5.74) is -0.302. The first kappa shape index (κ1) is 18.9. The number of hydrogen-bond donors (Lipinski definition) is 1. The quantitative estimate of drug-likeness (QED) is 0.763. The van der Waals surface area contributed by atoms with Gasteiger partial charge in [-0.25, -0.2) is 9.59 Å². The van der Waals surface area contributed by atoms with E-state index in [2.05, 4.69) is 15.3 Å². The number of nitrogens with zero attached hydrogens (tertiary/aromatic N) is 3. The molecule has 1 unspecified atom stereocenters. The SMILES string of the molecule is C[C@@]12OC(=O)/C=C\C(=O)OC1NCCN2c1cncc(OCc2ccccc2)n1. The highest BCUT2D eigenvalue weighted by Gasteiger charge is 2.49. The first-order valence-corrected chi connectivity index (χ1v) is 9.16. The number of hydrogen-bond acceptors (Lipinski definition) is 9. The van der Waals surface area contributed by atoms with Crippen LogP contribution in [0.1, 0.15) is 12.5 Å². The lowest BCUT2D eigenvalue weighted by molar-refractivity contribution is -0.187. The van der Waals surface area contributed by atoms with Gasteiger partial charge in [0, 0.05) is 32.2 Å². The Morgan fingerprint density at radius 3 is 2.83 bits per heavy atom. The Morgan fingerprint density at radius 2 is 2.00 bits per heavy atom. The van der Waals surface area contributed by atoms with Crippen molar-refractivity contribution in [1.29, 1.82) is 0 Å². The lowest BCUT2D eigenvalue weighted by atomic mass is 10.1. The zero-order valence-corrected chi connectivity index (χ0v) is 15.8. The Bertz CT molecular complexity index is 935. The molecule has 0 spiro atoms. The second-order valence-corrected chi connectivity index (χ2v) is 6.72. The molecule has 2 atom stereocenters. The average Bonchev–Trinajstić information content (AvgIpc) is 2.72. The number of fused-ring (bicyclic) bond motifs is 1. The van der Waals surface area contributed by atoms with Gasteiger partial charge in [0.25, 0.3) is 0 Å². The van der Waals surface area contributed by atoms with Gasteiger partial charge in [0.2, 0.25) is 17.8 Å². The van der Waals surface area contributed by atoms with Crippen LogP contribution in [0.5, 0.6) is 5.88 Å². The van der Waals surface area contributed by atoms with Crippen LogP contribution in [0.4, 0.5) is 5.82 Å². The highest BCUT2D eigenvalue weighted by molar-refractivity contribution is 5.92. The van der Waals surface area contributed by atoms with Crippen molar-refractivity contribution in [1.82, 2.24) is 15.3 Å². The van der Waals surface area contributed by atoms with Gasteiger partial charge in [0.1, 0.15) is 6.61 Å². The van der Waals surface area contributed by atoms with Crippen molar-refractivity contribution in [2.45, 2.75) is 25.5 Å². The molecule has 1 N–H and O–H groups in total. The molecule has 1 aromatic carbocycles. The molecule has 0 aliphatic carbocycles. The molecule has 0 bridgehead atoms. The predicted octanol–water partition coefficient (Wildman–Crippen LogP) is 1.16. The summed E-state index contributed by atoms with van der Waals surface area (Å²) in [4.78, 5) is 34.4. The Kier molecular flexibility index (Phi) is 5.13. The smallest absolute Gasteiger partial charge is 0.333 e. The van der Waals surface area contributed by atoms with E-state index in [1.807, 2.05) is 30.3 Å². The van der Waals surface area contributed by atoms with Gasteiger partial charge in [-0.05, 0) is 5.56 Å². The van der Waals surface area contributed by atoms with Crippen LogP contribution < -0.4 is 15.0 Å². The van der Waals surface area contributed by atoms with Gasteiger partial charge in [-0.15, -0.1) is 0 Å². The summed E-state index contributed by atoms with van der Waals surface area (Å²) < 4.78 is 16.8. The number of anilines is 1. The largest absolute Gasteiger partial charge is 0.472 e. The molecule has 4 rings (SSSR count). The first-order valence-electron chi connectivity index (χ1n) is 9.16. The maximum Gasteiger partial charge on any atom is 0.333 e. The van der Waals surface area contributed by atoms with Crippen LogP contribution in [0.3, 0.4) is 0 Å². The normalized spacial score (nSPS) is 25.1. The van der Waals surface area contributed by atoms with Crippen LogP contribution >= 0.6 is 0 Å². The molecule has 2 aliphatic rings. The summed E-state index contributed by atoms with van der Waals surface area (Å²) in [6.45, 7) is 2.95. The molecule has 0 radical (unpaired) electrons. The summed E-state index contributed by atoms with van der Waals surface area (Å²) in [6.07, 6.45) is 4.28. The number of rotatable bonds is 4. The molecule has 2 aliphatic heterocycles. The summed E-state index contributed by atoms with van der Waals surface area (Å²) in [6, 6.07) is 9.70. The van der Waals surface area contributed by atoms with E-state index >= 15 is 0 Å². The van der Waals surface area contributed by atoms with Crippen molar-refractivity contribution in [3.05, 3.63) is 60.4 Å². The van der Waals surface area contributed by atoms with Crippen molar-refractivity contribution >= 4 is 17.8 Å². The maximum atomic E-state index is 12.1. The molecule has 0 amide bonds. The van der Waals surface area contributed by atoms with E-state index in [1.54, 1.807) is 18.0 Å². The van der Waals surface area contributed by atoms with Crippen molar-refractivity contribution < 1.29 is 23.8 Å². The third-order valence-electron chi connectivity index (χ3n) is 4.69. The number of esters is 2. The Balaban J connectivity index is 1.58. The van der Waals surface area contributed by atoms with Gasteiger partial charge in [0.05, 0.1) is 12.4 Å².